The molecule has 2 aromatic rings. The molecule has 2 atom stereocenters. The van der Waals surface area contributed by atoms with Crippen LogP contribution in [0.4, 0.5) is 0 Å². The van der Waals surface area contributed by atoms with Crippen LogP contribution in [0.5, 0.6) is 0 Å². The summed E-state index contributed by atoms with van der Waals surface area (Å²) in [7, 11) is 0. The van der Waals surface area contributed by atoms with Crippen molar-refractivity contribution in [3.05, 3.63) is 83.9 Å². The molecule has 1 N–H and O–H groups in total. The average molecular weight is 307 g/mol. The molecule has 2 nitrogen and oxygen atoms in total. The largest absolute Gasteiger partial charge is 0.394 e. The summed E-state index contributed by atoms with van der Waals surface area (Å²) in [5.74, 6) is 0. The van der Waals surface area contributed by atoms with Gasteiger partial charge < -0.3 is 5.11 Å². The Kier molecular flexibility index (Phi) is 5.27. The number of aliphatic hydroxyl groups is 1. The Morgan fingerprint density at radius 3 is 2.48 bits per heavy atom. The second kappa shape index (κ2) is 7.58. The van der Waals surface area contributed by atoms with Crippen LogP contribution in [0.1, 0.15) is 35.6 Å². The summed E-state index contributed by atoms with van der Waals surface area (Å²) < 4.78 is 0. The van der Waals surface area contributed by atoms with Gasteiger partial charge in [-0.2, -0.15) is 0 Å². The summed E-state index contributed by atoms with van der Waals surface area (Å²) in [6.45, 7) is 4.96. The first-order valence-corrected chi connectivity index (χ1v) is 8.42. The molecular weight excluding hydrogens is 282 g/mol. The van der Waals surface area contributed by atoms with Gasteiger partial charge in [-0.15, -0.1) is 6.58 Å². The predicted molar refractivity (Wildman–Crippen MR) is 95.2 cm³/mol. The Bertz CT molecular complexity index is 637. The van der Waals surface area contributed by atoms with E-state index in [2.05, 4.69) is 47.9 Å². The third-order valence-electron chi connectivity index (χ3n) is 4.88. The lowest BCUT2D eigenvalue weighted by atomic mass is 10.00. The fourth-order valence-corrected chi connectivity index (χ4v) is 3.66. The minimum Gasteiger partial charge on any atom is -0.394 e. The van der Waals surface area contributed by atoms with E-state index in [1.165, 1.54) is 16.7 Å². The Morgan fingerprint density at radius 2 is 1.78 bits per heavy atom. The quantitative estimate of drug-likeness (QED) is 0.840. The van der Waals surface area contributed by atoms with Gasteiger partial charge in [-0.05, 0) is 36.0 Å². The van der Waals surface area contributed by atoms with Crippen LogP contribution in [0.3, 0.4) is 0 Å². The van der Waals surface area contributed by atoms with Gasteiger partial charge in [0.2, 0.25) is 0 Å². The normalized spacial score (nSPS) is 19.6. The molecule has 0 bridgehead atoms. The highest BCUT2D eigenvalue weighted by Crippen LogP contribution is 2.32. The number of benzene rings is 2. The van der Waals surface area contributed by atoms with E-state index in [9.17, 15) is 5.11 Å². The molecule has 0 aliphatic carbocycles. The molecule has 0 amide bonds. The van der Waals surface area contributed by atoms with Crippen LogP contribution in [-0.4, -0.2) is 22.7 Å². The molecule has 3 rings (SSSR count). The van der Waals surface area contributed by atoms with Gasteiger partial charge >= 0.3 is 0 Å². The van der Waals surface area contributed by atoms with Crippen LogP contribution >= 0.6 is 0 Å². The Hall–Kier alpha value is -1.90. The molecular formula is C21H25NO. The van der Waals surface area contributed by atoms with Gasteiger partial charge in [0, 0.05) is 12.6 Å². The van der Waals surface area contributed by atoms with Gasteiger partial charge in [-0.3, -0.25) is 4.90 Å². The highest BCUT2D eigenvalue weighted by atomic mass is 16.3. The first kappa shape index (κ1) is 16.0. The molecule has 120 valence electrons. The van der Waals surface area contributed by atoms with Crippen LogP contribution in [-0.2, 0) is 13.0 Å². The highest BCUT2D eigenvalue weighted by molar-refractivity contribution is 5.29. The van der Waals surface area contributed by atoms with E-state index in [4.69, 9.17) is 0 Å². The minimum absolute atomic E-state index is 0.0345. The molecule has 0 spiro atoms. The van der Waals surface area contributed by atoms with Gasteiger partial charge in [0.25, 0.3) is 0 Å². The van der Waals surface area contributed by atoms with Crippen LogP contribution in [0.2, 0.25) is 0 Å². The standard InChI is InChI=1S/C21H25NO/c1-2-8-20-14-13-17-9-6-7-12-19(17)15-22(20)21(16-23)18-10-4-3-5-11-18/h2-7,9-12,20-21,23H,1,8,13-16H2/t20-,21+/m1/s1. The fraction of sp³-hybridized carbons (Fsp3) is 0.333. The molecule has 1 aliphatic rings. The summed E-state index contributed by atoms with van der Waals surface area (Å²) in [6, 6.07) is 19.5. The van der Waals surface area contributed by atoms with Crippen molar-refractivity contribution >= 4 is 0 Å². The van der Waals surface area contributed by atoms with Crippen LogP contribution in [0.15, 0.2) is 67.3 Å². The molecule has 0 saturated heterocycles. The van der Waals surface area contributed by atoms with Crippen molar-refractivity contribution in [1.82, 2.24) is 4.90 Å². The van der Waals surface area contributed by atoms with Crippen molar-refractivity contribution < 1.29 is 5.11 Å². The van der Waals surface area contributed by atoms with Crippen LogP contribution in [0.25, 0.3) is 0 Å². The average Bonchev–Trinajstić information content (AvgIpc) is 2.77. The van der Waals surface area contributed by atoms with Crippen molar-refractivity contribution in [1.29, 1.82) is 0 Å². The van der Waals surface area contributed by atoms with E-state index >= 15 is 0 Å². The summed E-state index contributed by atoms with van der Waals surface area (Å²) in [4.78, 5) is 2.46. The van der Waals surface area contributed by atoms with Gasteiger partial charge in [0.05, 0.1) is 12.6 Å². The zero-order valence-corrected chi connectivity index (χ0v) is 13.6. The molecule has 0 unspecified atom stereocenters. The van der Waals surface area contributed by atoms with E-state index in [-0.39, 0.29) is 12.6 Å². The maximum atomic E-state index is 10.1. The summed E-state index contributed by atoms with van der Waals surface area (Å²) in [5, 5.41) is 10.1. The third kappa shape index (κ3) is 3.54. The summed E-state index contributed by atoms with van der Waals surface area (Å²) >= 11 is 0. The van der Waals surface area contributed by atoms with E-state index in [1.54, 1.807) is 0 Å². The number of aryl methyl sites for hydroxylation is 1. The van der Waals surface area contributed by atoms with E-state index in [0.717, 1.165) is 25.8 Å². The summed E-state index contributed by atoms with van der Waals surface area (Å²) in [6.07, 6.45) is 5.16. The van der Waals surface area contributed by atoms with E-state index < -0.39 is 0 Å². The predicted octanol–water partition coefficient (Wildman–Crippen LogP) is 4.11. The molecule has 0 aromatic heterocycles. The first-order valence-electron chi connectivity index (χ1n) is 8.42. The van der Waals surface area contributed by atoms with Crippen molar-refractivity contribution in [2.45, 2.75) is 37.9 Å². The number of rotatable bonds is 5. The van der Waals surface area contributed by atoms with E-state index in [1.807, 2.05) is 24.3 Å². The molecule has 1 aliphatic heterocycles. The number of aliphatic hydroxyl groups excluding tert-OH is 1. The highest BCUT2D eigenvalue weighted by Gasteiger charge is 2.29. The lowest BCUT2D eigenvalue weighted by molar-refractivity contribution is 0.0748. The molecule has 0 fully saturated rings. The van der Waals surface area contributed by atoms with Gasteiger partial charge in [-0.1, -0.05) is 60.7 Å². The zero-order valence-electron chi connectivity index (χ0n) is 13.6. The van der Waals surface area contributed by atoms with Crippen molar-refractivity contribution in [2.75, 3.05) is 6.61 Å². The minimum atomic E-state index is 0.0345. The van der Waals surface area contributed by atoms with E-state index in [0.29, 0.717) is 6.04 Å². The Morgan fingerprint density at radius 1 is 1.09 bits per heavy atom. The molecule has 0 radical (unpaired) electrons. The lowest BCUT2D eigenvalue weighted by Gasteiger charge is -2.36. The van der Waals surface area contributed by atoms with Gasteiger partial charge in [0.1, 0.15) is 0 Å². The molecule has 1 heterocycles. The van der Waals surface area contributed by atoms with Crippen LogP contribution < -0.4 is 0 Å². The third-order valence-corrected chi connectivity index (χ3v) is 4.88. The molecule has 2 heteroatoms. The molecule has 2 aromatic carbocycles. The van der Waals surface area contributed by atoms with Crippen molar-refractivity contribution in [2.24, 2.45) is 0 Å². The summed E-state index contributed by atoms with van der Waals surface area (Å²) in [5.41, 5.74) is 4.01. The van der Waals surface area contributed by atoms with Crippen molar-refractivity contribution in [3.8, 4) is 0 Å². The number of nitrogens with zero attached hydrogens (tertiary/aromatic N) is 1. The van der Waals surface area contributed by atoms with Crippen LogP contribution in [0, 0.1) is 0 Å². The van der Waals surface area contributed by atoms with Gasteiger partial charge in [0.15, 0.2) is 0 Å². The second-order valence-electron chi connectivity index (χ2n) is 6.27. The first-order chi connectivity index (χ1) is 11.3. The van der Waals surface area contributed by atoms with Gasteiger partial charge in [-0.25, -0.2) is 0 Å². The lowest BCUT2D eigenvalue weighted by Crippen LogP contribution is -2.38. The fourth-order valence-electron chi connectivity index (χ4n) is 3.66. The molecule has 23 heavy (non-hydrogen) atoms. The Labute approximate surface area is 139 Å². The Balaban J connectivity index is 1.95. The smallest absolute Gasteiger partial charge is 0.0628 e. The van der Waals surface area contributed by atoms with Crippen molar-refractivity contribution in [3.63, 3.8) is 0 Å². The molecule has 0 saturated carbocycles. The number of hydrogen-bond acceptors (Lipinski definition) is 2. The monoisotopic (exact) mass is 307 g/mol. The number of fused-ring (bicyclic) bond motifs is 1. The zero-order chi connectivity index (χ0) is 16.1. The topological polar surface area (TPSA) is 23.5 Å². The second-order valence-corrected chi connectivity index (χ2v) is 6.27. The number of hydrogen-bond donors (Lipinski definition) is 1. The maximum absolute atomic E-state index is 10.1. The SMILES string of the molecule is C=CC[C@@H]1CCc2ccccc2CN1[C@@H](CO)c1ccccc1. The maximum Gasteiger partial charge on any atom is 0.0628 e.